The summed E-state index contributed by atoms with van der Waals surface area (Å²) in [6.07, 6.45) is 7.27. The molecule has 144 valence electrons. The molecule has 0 spiro atoms. The Labute approximate surface area is 171 Å². The summed E-state index contributed by atoms with van der Waals surface area (Å²) in [4.78, 5) is 21.5. The highest BCUT2D eigenvalue weighted by molar-refractivity contribution is 7.98. The van der Waals surface area contributed by atoms with Crippen LogP contribution in [-0.4, -0.2) is 32.0 Å². The van der Waals surface area contributed by atoms with Gasteiger partial charge in [-0.2, -0.15) is 5.10 Å². The van der Waals surface area contributed by atoms with Gasteiger partial charge in [0.05, 0.1) is 23.2 Å². The van der Waals surface area contributed by atoms with Gasteiger partial charge in [0.15, 0.2) is 10.8 Å². The molecule has 29 heavy (non-hydrogen) atoms. The molecule has 1 atom stereocenters. The molecule has 2 heterocycles. The topological polar surface area (TPSA) is 69.9 Å². The molecular weight excluding hydrogens is 384 g/mol. The standard InChI is InChI=1S/C22H18N4O2S/c1-29-22-23-12-15-13-24-26(20(15)25-22)18-11-10-17-16(18)8-5-9-19(17)28-21(27)14-6-3-2-4-7-14/h2-9,12-13,18H,10-11H2,1H3. The number of thioether (sulfide) groups is 1. The van der Waals surface area contributed by atoms with Gasteiger partial charge in [-0.25, -0.2) is 19.4 Å². The second-order valence-corrected chi connectivity index (χ2v) is 7.63. The number of ether oxygens (including phenoxy) is 1. The minimum atomic E-state index is -0.343. The van der Waals surface area contributed by atoms with Gasteiger partial charge in [0.2, 0.25) is 0 Å². The second-order valence-electron chi connectivity index (χ2n) is 6.86. The monoisotopic (exact) mass is 402 g/mol. The van der Waals surface area contributed by atoms with Crippen molar-refractivity contribution in [1.82, 2.24) is 19.7 Å². The predicted octanol–water partition coefficient (Wildman–Crippen LogP) is 4.30. The van der Waals surface area contributed by atoms with Gasteiger partial charge >= 0.3 is 5.97 Å². The summed E-state index contributed by atoms with van der Waals surface area (Å²) in [5.74, 6) is 0.277. The van der Waals surface area contributed by atoms with E-state index in [1.165, 1.54) is 11.8 Å². The normalized spacial score (nSPS) is 15.4. The Hall–Kier alpha value is -3.19. The summed E-state index contributed by atoms with van der Waals surface area (Å²) in [6.45, 7) is 0. The SMILES string of the molecule is CSc1ncc2cnn(C3CCc4c(OC(=O)c5ccccc5)cccc43)c2n1. The number of rotatable bonds is 4. The number of nitrogens with zero attached hydrogens (tertiary/aromatic N) is 4. The molecule has 0 saturated carbocycles. The van der Waals surface area contributed by atoms with E-state index >= 15 is 0 Å². The second kappa shape index (κ2) is 7.33. The highest BCUT2D eigenvalue weighted by Crippen LogP contribution is 2.40. The molecule has 0 aliphatic heterocycles. The maximum Gasteiger partial charge on any atom is 0.343 e. The third-order valence-corrected chi connectivity index (χ3v) is 5.76. The van der Waals surface area contributed by atoms with Crippen molar-refractivity contribution >= 4 is 28.8 Å². The molecule has 1 aliphatic rings. The van der Waals surface area contributed by atoms with Crippen molar-refractivity contribution < 1.29 is 9.53 Å². The van der Waals surface area contributed by atoms with Crippen LogP contribution in [0.4, 0.5) is 0 Å². The van der Waals surface area contributed by atoms with Crippen molar-refractivity contribution in [2.75, 3.05) is 6.26 Å². The average molecular weight is 402 g/mol. The van der Waals surface area contributed by atoms with Crippen LogP contribution >= 0.6 is 11.8 Å². The number of hydrogen-bond acceptors (Lipinski definition) is 6. The van der Waals surface area contributed by atoms with E-state index in [1.54, 1.807) is 18.3 Å². The molecule has 5 rings (SSSR count). The fourth-order valence-electron chi connectivity index (χ4n) is 3.83. The number of carbonyl (C=O) groups is 1. The number of hydrogen-bond donors (Lipinski definition) is 0. The van der Waals surface area contributed by atoms with Crippen LogP contribution < -0.4 is 4.74 Å². The lowest BCUT2D eigenvalue weighted by Gasteiger charge is -2.14. The Kier molecular flexibility index (Phi) is 4.52. The van der Waals surface area contributed by atoms with E-state index in [0.717, 1.165) is 40.2 Å². The van der Waals surface area contributed by atoms with Crippen LogP contribution in [0.5, 0.6) is 5.75 Å². The summed E-state index contributed by atoms with van der Waals surface area (Å²) in [5.41, 5.74) is 3.55. The number of esters is 1. The summed E-state index contributed by atoms with van der Waals surface area (Å²) < 4.78 is 7.70. The first-order valence-corrected chi connectivity index (χ1v) is 10.6. The zero-order chi connectivity index (χ0) is 19.8. The Morgan fingerprint density at radius 1 is 1.14 bits per heavy atom. The quantitative estimate of drug-likeness (QED) is 0.219. The molecule has 2 aromatic carbocycles. The first-order valence-electron chi connectivity index (χ1n) is 9.38. The molecule has 0 fully saturated rings. The molecule has 0 radical (unpaired) electrons. The van der Waals surface area contributed by atoms with Crippen molar-refractivity contribution in [1.29, 1.82) is 0 Å². The zero-order valence-corrected chi connectivity index (χ0v) is 16.6. The van der Waals surface area contributed by atoms with Crippen molar-refractivity contribution in [2.45, 2.75) is 24.0 Å². The predicted molar refractivity (Wildman–Crippen MR) is 111 cm³/mol. The molecule has 6 nitrogen and oxygen atoms in total. The molecule has 1 aliphatic carbocycles. The van der Waals surface area contributed by atoms with Gasteiger partial charge in [0.1, 0.15) is 5.75 Å². The lowest BCUT2D eigenvalue weighted by molar-refractivity contribution is 0.0733. The number of carbonyl (C=O) groups excluding carboxylic acids is 1. The first-order chi connectivity index (χ1) is 14.2. The van der Waals surface area contributed by atoms with Crippen LogP contribution in [-0.2, 0) is 6.42 Å². The minimum Gasteiger partial charge on any atom is -0.423 e. The Morgan fingerprint density at radius 3 is 2.83 bits per heavy atom. The molecule has 7 heteroatoms. The Morgan fingerprint density at radius 2 is 2.00 bits per heavy atom. The van der Waals surface area contributed by atoms with E-state index in [9.17, 15) is 4.79 Å². The van der Waals surface area contributed by atoms with Gasteiger partial charge in [-0.05, 0) is 42.9 Å². The van der Waals surface area contributed by atoms with Crippen LogP contribution in [0.3, 0.4) is 0 Å². The van der Waals surface area contributed by atoms with E-state index in [4.69, 9.17) is 4.74 Å². The molecule has 0 saturated heterocycles. The maximum atomic E-state index is 12.5. The third-order valence-electron chi connectivity index (χ3n) is 5.20. The number of aromatic nitrogens is 4. The summed E-state index contributed by atoms with van der Waals surface area (Å²) in [5, 5.41) is 6.23. The highest BCUT2D eigenvalue weighted by Gasteiger charge is 2.29. The average Bonchev–Trinajstić information content (AvgIpc) is 3.38. The largest absolute Gasteiger partial charge is 0.423 e. The van der Waals surface area contributed by atoms with E-state index in [1.807, 2.05) is 47.5 Å². The van der Waals surface area contributed by atoms with Crippen LogP contribution in [0.2, 0.25) is 0 Å². The van der Waals surface area contributed by atoms with E-state index in [0.29, 0.717) is 11.3 Å². The van der Waals surface area contributed by atoms with E-state index in [2.05, 4.69) is 21.1 Å². The fourth-order valence-corrected chi connectivity index (χ4v) is 4.16. The van der Waals surface area contributed by atoms with E-state index in [-0.39, 0.29) is 12.0 Å². The van der Waals surface area contributed by atoms with Crippen LogP contribution in [0.1, 0.15) is 33.9 Å². The molecular formula is C22H18N4O2S. The van der Waals surface area contributed by atoms with Crippen molar-refractivity contribution in [3.8, 4) is 5.75 Å². The van der Waals surface area contributed by atoms with Gasteiger partial charge < -0.3 is 4.74 Å². The zero-order valence-electron chi connectivity index (χ0n) is 15.8. The number of benzene rings is 2. The summed E-state index contributed by atoms with van der Waals surface area (Å²) in [7, 11) is 0. The van der Waals surface area contributed by atoms with Crippen LogP contribution in [0, 0.1) is 0 Å². The fraction of sp³-hybridized carbons (Fsp3) is 0.182. The van der Waals surface area contributed by atoms with Gasteiger partial charge in [-0.1, -0.05) is 42.1 Å². The highest BCUT2D eigenvalue weighted by atomic mass is 32.2. The van der Waals surface area contributed by atoms with Crippen molar-refractivity contribution in [3.05, 3.63) is 77.6 Å². The van der Waals surface area contributed by atoms with Gasteiger partial charge in [0.25, 0.3) is 0 Å². The van der Waals surface area contributed by atoms with E-state index < -0.39 is 0 Å². The van der Waals surface area contributed by atoms with Gasteiger partial charge in [-0.15, -0.1) is 0 Å². The maximum absolute atomic E-state index is 12.5. The minimum absolute atomic E-state index is 0.0579. The van der Waals surface area contributed by atoms with Gasteiger partial charge in [0, 0.05) is 11.8 Å². The number of fused-ring (bicyclic) bond motifs is 2. The molecule has 0 amide bonds. The third kappa shape index (κ3) is 3.17. The summed E-state index contributed by atoms with van der Waals surface area (Å²) >= 11 is 1.51. The molecule has 0 N–H and O–H groups in total. The van der Waals surface area contributed by atoms with Crippen LogP contribution in [0.15, 0.2) is 66.1 Å². The van der Waals surface area contributed by atoms with Crippen molar-refractivity contribution in [2.24, 2.45) is 0 Å². The van der Waals surface area contributed by atoms with Crippen molar-refractivity contribution in [3.63, 3.8) is 0 Å². The van der Waals surface area contributed by atoms with Crippen LogP contribution in [0.25, 0.3) is 11.0 Å². The smallest absolute Gasteiger partial charge is 0.343 e. The Bertz CT molecular complexity index is 1210. The van der Waals surface area contributed by atoms with Gasteiger partial charge in [-0.3, -0.25) is 0 Å². The molecule has 2 aromatic heterocycles. The first kappa shape index (κ1) is 17.9. The summed E-state index contributed by atoms with van der Waals surface area (Å²) in [6, 6.07) is 15.0. The molecule has 4 aromatic rings. The molecule has 1 unspecified atom stereocenters. The molecule has 0 bridgehead atoms. The Balaban J connectivity index is 1.50. The lowest BCUT2D eigenvalue weighted by Crippen LogP contribution is -2.11. The lowest BCUT2D eigenvalue weighted by atomic mass is 10.1.